The predicted molar refractivity (Wildman–Crippen MR) is 151 cm³/mol. The van der Waals surface area contributed by atoms with E-state index in [9.17, 15) is 0 Å². The Morgan fingerprint density at radius 2 is 1.39 bits per heavy atom. The van der Waals surface area contributed by atoms with Gasteiger partial charge in [-0.1, -0.05) is 44.2 Å². The van der Waals surface area contributed by atoms with Crippen molar-refractivity contribution in [1.29, 1.82) is 0 Å². The zero-order valence-corrected chi connectivity index (χ0v) is 22.7. The van der Waals surface area contributed by atoms with Gasteiger partial charge in [0, 0.05) is 70.2 Å². The van der Waals surface area contributed by atoms with Crippen LogP contribution >= 0.6 is 0 Å². The Morgan fingerprint density at radius 1 is 0.711 bits per heavy atom. The molecular formula is C31H37N7. The first kappa shape index (κ1) is 26.1. The molecule has 1 aliphatic heterocycles. The summed E-state index contributed by atoms with van der Waals surface area (Å²) in [6.07, 6.45) is 4.97. The Balaban J connectivity index is 1.17. The number of hydrogen-bond donors (Lipinski definition) is 0. The zero-order valence-electron chi connectivity index (χ0n) is 22.7. The van der Waals surface area contributed by atoms with Crippen molar-refractivity contribution in [3.05, 3.63) is 101 Å². The largest absolute Gasteiger partial charge is 0.301 e. The molecule has 1 fully saturated rings. The van der Waals surface area contributed by atoms with Gasteiger partial charge in [-0.15, -0.1) is 0 Å². The lowest BCUT2D eigenvalue weighted by Crippen LogP contribution is -2.46. The number of rotatable bonds is 9. The Labute approximate surface area is 226 Å². The average Bonchev–Trinajstić information content (AvgIpc) is 2.91. The van der Waals surface area contributed by atoms with Crippen molar-refractivity contribution < 1.29 is 0 Å². The van der Waals surface area contributed by atoms with Crippen LogP contribution in [0.1, 0.15) is 47.9 Å². The highest BCUT2D eigenvalue weighted by Crippen LogP contribution is 2.16. The molecular weight excluding hydrogens is 470 g/mol. The first-order chi connectivity index (χ1) is 18.5. The summed E-state index contributed by atoms with van der Waals surface area (Å²) in [5.41, 5.74) is 6.19. The third-order valence-electron chi connectivity index (χ3n) is 6.84. The molecule has 38 heavy (non-hydrogen) atoms. The van der Waals surface area contributed by atoms with Crippen molar-refractivity contribution in [2.45, 2.75) is 40.2 Å². The van der Waals surface area contributed by atoms with E-state index in [0.717, 1.165) is 54.2 Å². The summed E-state index contributed by atoms with van der Waals surface area (Å²) in [6.45, 7) is 13.4. The lowest BCUT2D eigenvalue weighted by atomic mass is 10.1. The van der Waals surface area contributed by atoms with Gasteiger partial charge in [-0.3, -0.25) is 4.90 Å². The van der Waals surface area contributed by atoms with Crippen LogP contribution < -0.4 is 0 Å². The standard InChI is InChI=1S/C31H37N7/c1-23(2)21-37-15-17-38(18-16-37)22-26-9-7-25(8-10-26)19-30-32-13-11-27(35-30)20-28-12-14-33-31(36-28)29-6-4-5-24(3)34-29/h4-14,23H,15-22H2,1-3H3. The highest BCUT2D eigenvalue weighted by molar-refractivity contribution is 5.49. The lowest BCUT2D eigenvalue weighted by molar-refractivity contribution is 0.117. The highest BCUT2D eigenvalue weighted by Gasteiger charge is 2.17. The lowest BCUT2D eigenvalue weighted by Gasteiger charge is -2.35. The minimum absolute atomic E-state index is 0.625. The van der Waals surface area contributed by atoms with Gasteiger partial charge in [0.15, 0.2) is 5.82 Å². The van der Waals surface area contributed by atoms with Crippen LogP contribution in [0.4, 0.5) is 0 Å². The fraction of sp³-hybridized carbons (Fsp3) is 0.387. The molecule has 4 aromatic rings. The second-order valence-corrected chi connectivity index (χ2v) is 10.6. The number of hydrogen-bond acceptors (Lipinski definition) is 7. The molecule has 7 nitrogen and oxygen atoms in total. The van der Waals surface area contributed by atoms with Gasteiger partial charge < -0.3 is 4.90 Å². The van der Waals surface area contributed by atoms with E-state index >= 15 is 0 Å². The van der Waals surface area contributed by atoms with Crippen LogP contribution in [0.3, 0.4) is 0 Å². The van der Waals surface area contributed by atoms with Crippen LogP contribution in [0.2, 0.25) is 0 Å². The summed E-state index contributed by atoms with van der Waals surface area (Å²) in [4.78, 5) is 28.2. The van der Waals surface area contributed by atoms with Crippen LogP contribution in [0.25, 0.3) is 11.5 Å². The minimum Gasteiger partial charge on any atom is -0.301 e. The number of nitrogens with zero attached hydrogens (tertiary/aromatic N) is 7. The normalized spacial score (nSPS) is 14.7. The second kappa shape index (κ2) is 12.3. The maximum absolute atomic E-state index is 4.82. The van der Waals surface area contributed by atoms with E-state index in [1.54, 1.807) is 6.20 Å². The Kier molecular flexibility index (Phi) is 8.46. The Bertz CT molecular complexity index is 1330. The Hall–Kier alpha value is -3.55. The SMILES string of the molecule is Cc1cccc(-c2nccc(Cc3ccnc(Cc4ccc(CN5CCN(CC(C)C)CC5)cc4)n3)n2)n1. The number of pyridine rings is 1. The van der Waals surface area contributed by atoms with Gasteiger partial charge in [0.25, 0.3) is 0 Å². The van der Waals surface area contributed by atoms with Gasteiger partial charge in [0.2, 0.25) is 0 Å². The van der Waals surface area contributed by atoms with E-state index in [-0.39, 0.29) is 0 Å². The van der Waals surface area contributed by atoms with Gasteiger partial charge in [-0.05, 0) is 48.2 Å². The number of aryl methyl sites for hydroxylation is 1. The quantitative estimate of drug-likeness (QED) is 0.328. The van der Waals surface area contributed by atoms with Gasteiger partial charge in [-0.2, -0.15) is 0 Å². The van der Waals surface area contributed by atoms with Crippen LogP contribution in [0.15, 0.2) is 67.0 Å². The topological polar surface area (TPSA) is 70.9 Å². The molecule has 0 saturated carbocycles. The van der Waals surface area contributed by atoms with Crippen LogP contribution in [0, 0.1) is 12.8 Å². The van der Waals surface area contributed by atoms with Crippen molar-refractivity contribution in [3.63, 3.8) is 0 Å². The van der Waals surface area contributed by atoms with Gasteiger partial charge in [0.1, 0.15) is 11.5 Å². The van der Waals surface area contributed by atoms with Crippen molar-refractivity contribution in [3.8, 4) is 11.5 Å². The monoisotopic (exact) mass is 507 g/mol. The molecule has 0 unspecified atom stereocenters. The number of aromatic nitrogens is 5. The minimum atomic E-state index is 0.625. The van der Waals surface area contributed by atoms with Crippen LogP contribution in [-0.2, 0) is 19.4 Å². The molecule has 5 rings (SSSR count). The molecule has 196 valence electrons. The molecule has 7 heteroatoms. The average molecular weight is 508 g/mol. The molecule has 3 aromatic heterocycles. The molecule has 1 aromatic carbocycles. The predicted octanol–water partition coefficient (Wildman–Crippen LogP) is 4.59. The van der Waals surface area contributed by atoms with Gasteiger partial charge >= 0.3 is 0 Å². The van der Waals surface area contributed by atoms with Crippen LogP contribution in [0.5, 0.6) is 0 Å². The maximum atomic E-state index is 4.82. The van der Waals surface area contributed by atoms with E-state index in [1.165, 1.54) is 30.8 Å². The first-order valence-electron chi connectivity index (χ1n) is 13.6. The van der Waals surface area contributed by atoms with E-state index in [2.05, 4.69) is 62.9 Å². The fourth-order valence-electron chi connectivity index (χ4n) is 4.95. The molecule has 0 bridgehead atoms. The number of piperazine rings is 1. The molecule has 4 heterocycles. The molecule has 0 radical (unpaired) electrons. The second-order valence-electron chi connectivity index (χ2n) is 10.6. The van der Waals surface area contributed by atoms with Crippen molar-refractivity contribution in [2.24, 2.45) is 5.92 Å². The summed E-state index contributed by atoms with van der Waals surface area (Å²) in [6, 6.07) is 18.7. The summed E-state index contributed by atoms with van der Waals surface area (Å²) in [5.74, 6) is 2.20. The first-order valence-corrected chi connectivity index (χ1v) is 13.6. The smallest absolute Gasteiger partial charge is 0.178 e. The Morgan fingerprint density at radius 3 is 2.13 bits per heavy atom. The molecule has 1 saturated heterocycles. The van der Waals surface area contributed by atoms with Crippen molar-refractivity contribution in [2.75, 3.05) is 32.7 Å². The third kappa shape index (κ3) is 7.27. The van der Waals surface area contributed by atoms with Gasteiger partial charge in [-0.25, -0.2) is 24.9 Å². The van der Waals surface area contributed by atoms with E-state index in [4.69, 9.17) is 9.97 Å². The van der Waals surface area contributed by atoms with Crippen molar-refractivity contribution >= 4 is 0 Å². The van der Waals surface area contributed by atoms with Crippen molar-refractivity contribution in [1.82, 2.24) is 34.7 Å². The zero-order chi connectivity index (χ0) is 26.3. The summed E-state index contributed by atoms with van der Waals surface area (Å²) in [7, 11) is 0. The highest BCUT2D eigenvalue weighted by atomic mass is 15.3. The fourth-order valence-corrected chi connectivity index (χ4v) is 4.95. The molecule has 0 atom stereocenters. The third-order valence-corrected chi connectivity index (χ3v) is 6.84. The van der Waals surface area contributed by atoms with Crippen LogP contribution in [-0.4, -0.2) is 67.4 Å². The maximum Gasteiger partial charge on any atom is 0.178 e. The molecule has 0 aliphatic carbocycles. The van der Waals surface area contributed by atoms with E-state index < -0.39 is 0 Å². The van der Waals surface area contributed by atoms with E-state index in [0.29, 0.717) is 18.7 Å². The summed E-state index contributed by atoms with van der Waals surface area (Å²) >= 11 is 0. The van der Waals surface area contributed by atoms with E-state index in [1.807, 2.05) is 43.5 Å². The number of benzene rings is 1. The molecule has 0 amide bonds. The molecule has 0 spiro atoms. The molecule has 1 aliphatic rings. The van der Waals surface area contributed by atoms with Gasteiger partial charge in [0.05, 0.1) is 11.4 Å². The summed E-state index contributed by atoms with van der Waals surface area (Å²) in [5, 5.41) is 0. The summed E-state index contributed by atoms with van der Waals surface area (Å²) < 4.78 is 0. The molecule has 0 N–H and O–H groups in total.